The third kappa shape index (κ3) is 5.19. The first kappa shape index (κ1) is 20.5. The summed E-state index contributed by atoms with van der Waals surface area (Å²) in [7, 11) is 3.22. The Morgan fingerprint density at radius 2 is 1.79 bits per heavy atom. The molecule has 0 fully saturated rings. The number of aromatic nitrogens is 2. The van der Waals surface area contributed by atoms with Crippen LogP contribution in [0, 0.1) is 6.92 Å². The standard InChI is InChI=1S/C22H28N4O3/c1-16-25-18-7-4-5-8-19(18)26(16)14-6-12-23-22(27)24-13-11-17-9-10-20(28-2)21(15-17)29-3/h4-5,7-10,15H,6,11-14H2,1-3H3,(H2,23,24,27). The number of carbonyl (C=O) groups excluding carboxylic acids is 1. The molecule has 3 rings (SSSR count). The summed E-state index contributed by atoms with van der Waals surface area (Å²) in [5.41, 5.74) is 3.21. The average molecular weight is 396 g/mol. The zero-order valence-electron chi connectivity index (χ0n) is 17.2. The summed E-state index contributed by atoms with van der Waals surface area (Å²) in [5.74, 6) is 2.38. The maximum Gasteiger partial charge on any atom is 0.314 e. The number of nitrogens with one attached hydrogen (secondary N) is 2. The molecule has 29 heavy (non-hydrogen) atoms. The maximum atomic E-state index is 12.0. The zero-order valence-corrected chi connectivity index (χ0v) is 17.2. The number of imidazole rings is 1. The molecule has 2 amide bonds. The van der Waals surface area contributed by atoms with Crippen molar-refractivity contribution in [1.29, 1.82) is 0 Å². The first-order chi connectivity index (χ1) is 14.1. The number of carbonyl (C=O) groups is 1. The molecule has 154 valence electrons. The lowest BCUT2D eigenvalue weighted by molar-refractivity contribution is 0.240. The van der Waals surface area contributed by atoms with E-state index in [1.165, 1.54) is 0 Å². The lowest BCUT2D eigenvalue weighted by atomic mass is 10.1. The number of para-hydroxylation sites is 2. The van der Waals surface area contributed by atoms with Crippen LogP contribution in [0.1, 0.15) is 17.8 Å². The van der Waals surface area contributed by atoms with Gasteiger partial charge in [-0.25, -0.2) is 9.78 Å². The van der Waals surface area contributed by atoms with E-state index in [2.05, 4.69) is 26.3 Å². The number of aryl methyl sites for hydroxylation is 2. The van der Waals surface area contributed by atoms with Gasteiger partial charge < -0.3 is 24.7 Å². The van der Waals surface area contributed by atoms with E-state index in [1.807, 2.05) is 43.3 Å². The summed E-state index contributed by atoms with van der Waals surface area (Å²) >= 11 is 0. The molecule has 0 spiro atoms. The van der Waals surface area contributed by atoms with Gasteiger partial charge in [0.1, 0.15) is 5.82 Å². The first-order valence-corrected chi connectivity index (χ1v) is 9.77. The molecular weight excluding hydrogens is 368 g/mol. The van der Waals surface area contributed by atoms with Crippen molar-refractivity contribution < 1.29 is 14.3 Å². The number of hydrogen-bond acceptors (Lipinski definition) is 4. The van der Waals surface area contributed by atoms with Crippen molar-refractivity contribution in [1.82, 2.24) is 20.2 Å². The number of rotatable bonds is 9. The Bertz CT molecular complexity index is 968. The second kappa shape index (κ2) is 9.82. The van der Waals surface area contributed by atoms with Gasteiger partial charge in [-0.15, -0.1) is 0 Å². The zero-order chi connectivity index (χ0) is 20.6. The predicted molar refractivity (Wildman–Crippen MR) is 114 cm³/mol. The molecule has 7 nitrogen and oxygen atoms in total. The lowest BCUT2D eigenvalue weighted by Crippen LogP contribution is -2.37. The van der Waals surface area contributed by atoms with Crippen LogP contribution in [0.2, 0.25) is 0 Å². The van der Waals surface area contributed by atoms with Gasteiger partial charge in [-0.3, -0.25) is 0 Å². The minimum atomic E-state index is -0.155. The van der Waals surface area contributed by atoms with E-state index in [4.69, 9.17) is 9.47 Å². The van der Waals surface area contributed by atoms with E-state index in [1.54, 1.807) is 14.2 Å². The maximum absolute atomic E-state index is 12.0. The molecular formula is C22H28N4O3. The highest BCUT2D eigenvalue weighted by atomic mass is 16.5. The smallest absolute Gasteiger partial charge is 0.314 e. The van der Waals surface area contributed by atoms with E-state index in [9.17, 15) is 4.79 Å². The van der Waals surface area contributed by atoms with Gasteiger partial charge in [0.2, 0.25) is 0 Å². The molecule has 0 aliphatic carbocycles. The number of fused-ring (bicyclic) bond motifs is 1. The van der Waals surface area contributed by atoms with Crippen molar-refractivity contribution in [3.05, 3.63) is 53.9 Å². The summed E-state index contributed by atoms with van der Waals surface area (Å²) in [4.78, 5) is 16.6. The Kier molecular flexibility index (Phi) is 6.94. The molecule has 0 aliphatic rings. The topological polar surface area (TPSA) is 77.4 Å². The summed E-state index contributed by atoms with van der Waals surface area (Å²) in [6.07, 6.45) is 1.55. The van der Waals surface area contributed by atoms with Gasteiger partial charge >= 0.3 is 6.03 Å². The SMILES string of the molecule is COc1ccc(CCNC(=O)NCCCn2c(C)nc3ccccc32)cc1OC. The average Bonchev–Trinajstić information content (AvgIpc) is 3.06. The molecule has 2 aromatic carbocycles. The van der Waals surface area contributed by atoms with Crippen molar-refractivity contribution >= 4 is 17.1 Å². The van der Waals surface area contributed by atoms with Gasteiger partial charge in [0.05, 0.1) is 25.3 Å². The van der Waals surface area contributed by atoms with Crippen LogP contribution in [0.3, 0.4) is 0 Å². The normalized spacial score (nSPS) is 10.7. The molecule has 0 unspecified atom stereocenters. The molecule has 0 aliphatic heterocycles. The predicted octanol–water partition coefficient (Wildman–Crippen LogP) is 3.29. The minimum Gasteiger partial charge on any atom is -0.493 e. The van der Waals surface area contributed by atoms with Crippen LogP contribution in [-0.2, 0) is 13.0 Å². The van der Waals surface area contributed by atoms with Crippen LogP contribution in [-0.4, -0.2) is 42.9 Å². The number of urea groups is 1. The van der Waals surface area contributed by atoms with Crippen molar-refractivity contribution in [3.8, 4) is 11.5 Å². The molecule has 1 aromatic heterocycles. The van der Waals surface area contributed by atoms with Gasteiger partial charge in [0, 0.05) is 19.6 Å². The summed E-state index contributed by atoms with van der Waals surface area (Å²) in [6.45, 7) is 3.98. The number of benzene rings is 2. The second-order valence-corrected chi connectivity index (χ2v) is 6.77. The summed E-state index contributed by atoms with van der Waals surface area (Å²) < 4.78 is 12.7. The van der Waals surface area contributed by atoms with Crippen molar-refractivity contribution in [2.75, 3.05) is 27.3 Å². The van der Waals surface area contributed by atoms with E-state index in [0.29, 0.717) is 31.0 Å². The molecule has 3 aromatic rings. The highest BCUT2D eigenvalue weighted by Crippen LogP contribution is 2.27. The Morgan fingerprint density at radius 1 is 1.03 bits per heavy atom. The van der Waals surface area contributed by atoms with E-state index >= 15 is 0 Å². The minimum absolute atomic E-state index is 0.155. The van der Waals surface area contributed by atoms with Crippen molar-refractivity contribution in [3.63, 3.8) is 0 Å². The monoisotopic (exact) mass is 396 g/mol. The Labute approximate surface area is 171 Å². The van der Waals surface area contributed by atoms with Crippen LogP contribution in [0.25, 0.3) is 11.0 Å². The number of nitrogens with zero attached hydrogens (tertiary/aromatic N) is 2. The Morgan fingerprint density at radius 3 is 2.59 bits per heavy atom. The molecule has 7 heteroatoms. The lowest BCUT2D eigenvalue weighted by Gasteiger charge is -2.11. The number of amides is 2. The van der Waals surface area contributed by atoms with Gasteiger partial charge in [-0.05, 0) is 49.6 Å². The third-order valence-corrected chi connectivity index (χ3v) is 4.84. The number of methoxy groups -OCH3 is 2. The van der Waals surface area contributed by atoms with Gasteiger partial charge in [0.25, 0.3) is 0 Å². The van der Waals surface area contributed by atoms with Crippen LogP contribution in [0.15, 0.2) is 42.5 Å². The first-order valence-electron chi connectivity index (χ1n) is 9.77. The van der Waals surface area contributed by atoms with Gasteiger partial charge in [-0.2, -0.15) is 0 Å². The van der Waals surface area contributed by atoms with Crippen molar-refractivity contribution in [2.45, 2.75) is 26.3 Å². The highest BCUT2D eigenvalue weighted by molar-refractivity contribution is 5.76. The fourth-order valence-electron chi connectivity index (χ4n) is 3.34. The largest absolute Gasteiger partial charge is 0.493 e. The van der Waals surface area contributed by atoms with Crippen molar-refractivity contribution in [2.24, 2.45) is 0 Å². The molecule has 1 heterocycles. The summed E-state index contributed by atoms with van der Waals surface area (Å²) in [6, 6.07) is 13.7. The highest BCUT2D eigenvalue weighted by Gasteiger charge is 2.07. The van der Waals surface area contributed by atoms with Gasteiger partial charge in [0.15, 0.2) is 11.5 Å². The molecule has 0 atom stereocenters. The number of hydrogen-bond donors (Lipinski definition) is 2. The van der Waals surface area contributed by atoms with E-state index < -0.39 is 0 Å². The van der Waals surface area contributed by atoms with E-state index in [0.717, 1.165) is 35.4 Å². The molecule has 0 saturated heterocycles. The Balaban J connectivity index is 1.39. The molecule has 0 bridgehead atoms. The molecule has 2 N–H and O–H groups in total. The fraction of sp³-hybridized carbons (Fsp3) is 0.364. The molecule has 0 radical (unpaired) electrons. The van der Waals surface area contributed by atoms with Crippen LogP contribution >= 0.6 is 0 Å². The Hall–Kier alpha value is -3.22. The van der Waals surface area contributed by atoms with Gasteiger partial charge in [-0.1, -0.05) is 18.2 Å². The van der Waals surface area contributed by atoms with Crippen LogP contribution in [0.4, 0.5) is 4.79 Å². The second-order valence-electron chi connectivity index (χ2n) is 6.77. The third-order valence-electron chi connectivity index (χ3n) is 4.84. The molecule has 0 saturated carbocycles. The van der Waals surface area contributed by atoms with Crippen LogP contribution in [0.5, 0.6) is 11.5 Å². The number of ether oxygens (including phenoxy) is 2. The van der Waals surface area contributed by atoms with Crippen LogP contribution < -0.4 is 20.1 Å². The van der Waals surface area contributed by atoms with E-state index in [-0.39, 0.29) is 6.03 Å². The summed E-state index contributed by atoms with van der Waals surface area (Å²) in [5, 5.41) is 5.80. The fourth-order valence-corrected chi connectivity index (χ4v) is 3.34. The quantitative estimate of drug-likeness (QED) is 0.544.